The van der Waals surface area contributed by atoms with Crippen LogP contribution >= 0.6 is 11.6 Å². The third-order valence-corrected chi connectivity index (χ3v) is 5.21. The second-order valence-corrected chi connectivity index (χ2v) is 7.36. The van der Waals surface area contributed by atoms with Crippen molar-refractivity contribution in [3.63, 3.8) is 0 Å². The lowest BCUT2D eigenvalue weighted by Crippen LogP contribution is -2.50. The van der Waals surface area contributed by atoms with E-state index in [9.17, 15) is 9.59 Å². The molecule has 7 nitrogen and oxygen atoms in total. The van der Waals surface area contributed by atoms with Crippen LogP contribution < -0.4 is 10.6 Å². The van der Waals surface area contributed by atoms with Gasteiger partial charge < -0.3 is 10.6 Å². The number of carbonyl (C=O) groups is 2. The number of carbonyl (C=O) groups excluding carboxylic acids is 2. The summed E-state index contributed by atoms with van der Waals surface area (Å²) in [6.45, 7) is 5.65. The number of hydrogen-bond donors (Lipinski definition) is 2. The maximum atomic E-state index is 12.4. The zero-order valence-corrected chi connectivity index (χ0v) is 17.3. The Balaban J connectivity index is 1.41. The minimum absolute atomic E-state index is 0.0108. The van der Waals surface area contributed by atoms with Crippen LogP contribution in [0, 0.1) is 0 Å². The Labute approximate surface area is 176 Å². The number of piperazine rings is 1. The number of rotatable bonds is 7. The molecular formula is C21H26ClN5O2. The normalized spacial score (nSPS) is 15.1. The summed E-state index contributed by atoms with van der Waals surface area (Å²) in [6.07, 6.45) is 2.45. The monoisotopic (exact) mass is 415 g/mol. The fourth-order valence-corrected chi connectivity index (χ4v) is 3.49. The van der Waals surface area contributed by atoms with Gasteiger partial charge in [0.15, 0.2) is 5.15 Å². The lowest BCUT2D eigenvalue weighted by atomic mass is 10.1. The molecule has 0 radical (unpaired) electrons. The van der Waals surface area contributed by atoms with Gasteiger partial charge in [-0.2, -0.15) is 0 Å². The van der Waals surface area contributed by atoms with Crippen molar-refractivity contribution in [1.82, 2.24) is 14.8 Å². The maximum Gasteiger partial charge on any atom is 0.238 e. The second kappa shape index (κ2) is 10.3. The quantitative estimate of drug-likeness (QED) is 0.679. The first kappa shape index (κ1) is 21.2. The van der Waals surface area contributed by atoms with E-state index >= 15 is 0 Å². The van der Waals surface area contributed by atoms with Crippen molar-refractivity contribution in [3.05, 3.63) is 53.3 Å². The molecule has 1 saturated heterocycles. The van der Waals surface area contributed by atoms with E-state index in [0.29, 0.717) is 12.2 Å². The van der Waals surface area contributed by atoms with Gasteiger partial charge in [0.1, 0.15) is 0 Å². The largest absolute Gasteiger partial charge is 0.325 e. The zero-order valence-electron chi connectivity index (χ0n) is 16.5. The molecule has 1 fully saturated rings. The van der Waals surface area contributed by atoms with E-state index < -0.39 is 0 Å². The van der Waals surface area contributed by atoms with Crippen molar-refractivity contribution in [2.75, 3.05) is 49.9 Å². The van der Waals surface area contributed by atoms with Gasteiger partial charge in [0, 0.05) is 38.1 Å². The van der Waals surface area contributed by atoms with Crippen molar-refractivity contribution in [3.8, 4) is 0 Å². The van der Waals surface area contributed by atoms with Crippen LogP contribution in [-0.4, -0.2) is 65.9 Å². The molecule has 29 heavy (non-hydrogen) atoms. The third-order valence-electron chi connectivity index (χ3n) is 4.90. The SMILES string of the molecule is CCc1ccccc1NC(=O)CN1CCN(CC(=O)Nc2cccnc2Cl)CC1. The number of hydrogen-bond acceptors (Lipinski definition) is 5. The third kappa shape index (κ3) is 6.25. The van der Waals surface area contributed by atoms with Gasteiger partial charge in [0.2, 0.25) is 11.8 Å². The molecule has 2 aromatic rings. The summed E-state index contributed by atoms with van der Waals surface area (Å²) < 4.78 is 0. The van der Waals surface area contributed by atoms with Gasteiger partial charge in [-0.15, -0.1) is 0 Å². The van der Waals surface area contributed by atoms with E-state index in [1.807, 2.05) is 24.3 Å². The van der Waals surface area contributed by atoms with Crippen molar-refractivity contribution < 1.29 is 9.59 Å². The lowest BCUT2D eigenvalue weighted by Gasteiger charge is -2.33. The molecule has 1 aromatic heterocycles. The standard InChI is InChI=1S/C21H26ClN5O2/c1-2-16-6-3-4-7-17(16)24-19(28)14-26-10-12-27(13-11-26)15-20(29)25-18-8-5-9-23-21(18)22/h3-9H,2,10-15H2,1H3,(H,24,28)(H,25,29). The number of benzene rings is 1. The minimum Gasteiger partial charge on any atom is -0.325 e. The summed E-state index contributed by atoms with van der Waals surface area (Å²) in [7, 11) is 0. The summed E-state index contributed by atoms with van der Waals surface area (Å²) in [5, 5.41) is 6.07. The molecule has 2 amide bonds. The van der Waals surface area contributed by atoms with Crippen LogP contribution in [0.2, 0.25) is 5.15 Å². The number of anilines is 2. The van der Waals surface area contributed by atoms with Gasteiger partial charge in [-0.25, -0.2) is 4.98 Å². The molecule has 3 rings (SSSR count). The van der Waals surface area contributed by atoms with Gasteiger partial charge in [-0.05, 0) is 30.2 Å². The first-order valence-corrected chi connectivity index (χ1v) is 10.2. The molecule has 2 N–H and O–H groups in total. The predicted octanol–water partition coefficient (Wildman–Crippen LogP) is 2.49. The molecular weight excluding hydrogens is 390 g/mol. The number of halogens is 1. The van der Waals surface area contributed by atoms with Crippen LogP contribution in [0.1, 0.15) is 12.5 Å². The van der Waals surface area contributed by atoms with Gasteiger partial charge >= 0.3 is 0 Å². The van der Waals surface area contributed by atoms with Crippen molar-refractivity contribution in [2.45, 2.75) is 13.3 Å². The highest BCUT2D eigenvalue weighted by molar-refractivity contribution is 6.32. The molecule has 0 bridgehead atoms. The van der Waals surface area contributed by atoms with E-state index in [0.717, 1.165) is 43.9 Å². The molecule has 0 atom stereocenters. The molecule has 1 aliphatic rings. The van der Waals surface area contributed by atoms with E-state index in [-0.39, 0.29) is 23.5 Å². The zero-order chi connectivity index (χ0) is 20.6. The van der Waals surface area contributed by atoms with Crippen molar-refractivity contribution in [2.24, 2.45) is 0 Å². The van der Waals surface area contributed by atoms with Crippen LogP contribution in [0.15, 0.2) is 42.6 Å². The topological polar surface area (TPSA) is 77.6 Å². The molecule has 1 aliphatic heterocycles. The molecule has 0 aliphatic carbocycles. The summed E-state index contributed by atoms with van der Waals surface area (Å²) in [4.78, 5) is 32.8. The predicted molar refractivity (Wildman–Crippen MR) is 115 cm³/mol. The first-order chi connectivity index (χ1) is 14.0. The Morgan fingerprint density at radius 2 is 1.48 bits per heavy atom. The number of aryl methyl sites for hydroxylation is 1. The van der Waals surface area contributed by atoms with Crippen LogP contribution in [0.5, 0.6) is 0 Å². The van der Waals surface area contributed by atoms with E-state index in [1.54, 1.807) is 18.3 Å². The van der Waals surface area contributed by atoms with Gasteiger partial charge in [0.05, 0.1) is 18.8 Å². The van der Waals surface area contributed by atoms with Crippen LogP contribution in [0.25, 0.3) is 0 Å². The molecule has 0 saturated carbocycles. The number of nitrogens with one attached hydrogen (secondary N) is 2. The highest BCUT2D eigenvalue weighted by Gasteiger charge is 2.21. The van der Waals surface area contributed by atoms with Crippen molar-refractivity contribution >= 4 is 34.8 Å². The Morgan fingerprint density at radius 3 is 2.07 bits per heavy atom. The second-order valence-electron chi connectivity index (χ2n) is 7.00. The van der Waals surface area contributed by atoms with Crippen LogP contribution in [0.4, 0.5) is 11.4 Å². The highest BCUT2D eigenvalue weighted by atomic mass is 35.5. The summed E-state index contributed by atoms with van der Waals surface area (Å²) in [5.74, 6) is -0.134. The maximum absolute atomic E-state index is 12.4. The molecule has 0 spiro atoms. The fourth-order valence-electron chi connectivity index (χ4n) is 3.32. The summed E-state index contributed by atoms with van der Waals surface area (Å²) in [5.41, 5.74) is 2.52. The summed E-state index contributed by atoms with van der Waals surface area (Å²) in [6, 6.07) is 11.3. The fraction of sp³-hybridized carbons (Fsp3) is 0.381. The van der Waals surface area contributed by atoms with E-state index in [1.165, 1.54) is 0 Å². The average Bonchev–Trinajstić information content (AvgIpc) is 2.71. The molecule has 0 unspecified atom stereocenters. The van der Waals surface area contributed by atoms with Crippen LogP contribution in [-0.2, 0) is 16.0 Å². The number of amides is 2. The van der Waals surface area contributed by atoms with Crippen molar-refractivity contribution in [1.29, 1.82) is 0 Å². The van der Waals surface area contributed by atoms with Gasteiger partial charge in [-0.3, -0.25) is 19.4 Å². The Morgan fingerprint density at radius 1 is 0.931 bits per heavy atom. The molecule has 154 valence electrons. The number of pyridine rings is 1. The highest BCUT2D eigenvalue weighted by Crippen LogP contribution is 2.17. The minimum atomic E-state index is -0.123. The van der Waals surface area contributed by atoms with E-state index in [2.05, 4.69) is 32.3 Å². The van der Waals surface area contributed by atoms with Gasteiger partial charge in [-0.1, -0.05) is 36.7 Å². The molecule has 2 heterocycles. The number of para-hydroxylation sites is 1. The van der Waals surface area contributed by atoms with Gasteiger partial charge in [0.25, 0.3) is 0 Å². The first-order valence-electron chi connectivity index (χ1n) is 9.78. The van der Waals surface area contributed by atoms with Crippen LogP contribution in [0.3, 0.4) is 0 Å². The Bertz CT molecular complexity index is 852. The summed E-state index contributed by atoms with van der Waals surface area (Å²) >= 11 is 5.97. The molecule has 1 aromatic carbocycles. The smallest absolute Gasteiger partial charge is 0.238 e. The average molecular weight is 416 g/mol. The Hall–Kier alpha value is -2.48. The Kier molecular flexibility index (Phi) is 7.57. The molecule has 8 heteroatoms. The lowest BCUT2D eigenvalue weighted by molar-refractivity contribution is -0.120. The van der Waals surface area contributed by atoms with E-state index in [4.69, 9.17) is 11.6 Å². The number of aromatic nitrogens is 1. The number of nitrogens with zero attached hydrogens (tertiary/aromatic N) is 3.